The van der Waals surface area contributed by atoms with Gasteiger partial charge in [0.15, 0.2) is 0 Å². The van der Waals surface area contributed by atoms with Crippen molar-refractivity contribution >= 4 is 26.9 Å². The molecule has 0 atom stereocenters. The van der Waals surface area contributed by atoms with Crippen LogP contribution in [-0.4, -0.2) is 22.1 Å². The van der Waals surface area contributed by atoms with Crippen molar-refractivity contribution in [2.24, 2.45) is 0 Å². The summed E-state index contributed by atoms with van der Waals surface area (Å²) in [7, 11) is -2.02. The van der Waals surface area contributed by atoms with E-state index in [1.165, 1.54) is 5.56 Å². The van der Waals surface area contributed by atoms with Gasteiger partial charge in [-0.3, -0.25) is 0 Å². The van der Waals surface area contributed by atoms with E-state index in [9.17, 15) is 8.42 Å². The number of benzene rings is 3. The monoisotopic (exact) mass is 423 g/mol. The highest BCUT2D eigenvalue weighted by molar-refractivity contribution is 7.91. The number of sulfone groups is 1. The number of nitrogens with zero attached hydrogens (tertiary/aromatic N) is 1. The second kappa shape index (κ2) is 7.91. The zero-order chi connectivity index (χ0) is 21.3. The van der Waals surface area contributed by atoms with Crippen LogP contribution in [0.1, 0.15) is 17.5 Å². The molecule has 1 aliphatic rings. The third-order valence-electron chi connectivity index (χ3n) is 5.48. The van der Waals surface area contributed by atoms with Gasteiger partial charge in [-0.1, -0.05) is 12.1 Å². The number of hydrogen-bond donors (Lipinski definition) is 2. The molecule has 0 saturated heterocycles. The Hall–Kier alpha value is -3.19. The van der Waals surface area contributed by atoms with E-state index >= 15 is 0 Å². The van der Waals surface area contributed by atoms with Crippen molar-refractivity contribution in [2.75, 3.05) is 30.0 Å². The van der Waals surface area contributed by atoms with Crippen molar-refractivity contribution in [2.45, 2.75) is 29.2 Å². The fraction of sp³-hybridized carbons (Fsp3) is 0.217. The summed E-state index contributed by atoms with van der Waals surface area (Å²) in [6, 6.07) is 17.4. The first-order valence-electron chi connectivity index (χ1n) is 9.79. The number of aryl methyl sites for hydroxylation is 1. The van der Waals surface area contributed by atoms with Crippen molar-refractivity contribution in [3.63, 3.8) is 0 Å². The molecule has 3 aromatic rings. The molecule has 0 fully saturated rings. The van der Waals surface area contributed by atoms with E-state index in [1.54, 1.807) is 43.5 Å². The maximum absolute atomic E-state index is 12.9. The minimum Gasteiger partial charge on any atom is -0.497 e. The highest BCUT2D eigenvalue weighted by Gasteiger charge is 2.20. The van der Waals surface area contributed by atoms with Crippen molar-refractivity contribution in [3.05, 3.63) is 71.8 Å². The van der Waals surface area contributed by atoms with Crippen LogP contribution in [0.5, 0.6) is 5.75 Å². The van der Waals surface area contributed by atoms with Gasteiger partial charge in [-0.2, -0.15) is 0 Å². The number of hydrogen-bond acceptors (Lipinski definition) is 6. The molecule has 3 aromatic carbocycles. The number of rotatable bonds is 5. The van der Waals surface area contributed by atoms with Crippen LogP contribution >= 0.6 is 0 Å². The van der Waals surface area contributed by atoms with Gasteiger partial charge in [-0.15, -0.1) is 0 Å². The molecule has 0 aromatic heterocycles. The predicted octanol–water partition coefficient (Wildman–Crippen LogP) is 3.65. The maximum atomic E-state index is 12.9. The Morgan fingerprint density at radius 1 is 0.933 bits per heavy atom. The normalized spacial score (nSPS) is 13.7. The molecule has 0 spiro atoms. The summed E-state index contributed by atoms with van der Waals surface area (Å²) >= 11 is 0. The molecule has 4 rings (SSSR count). The lowest BCUT2D eigenvalue weighted by Gasteiger charge is -2.32. The van der Waals surface area contributed by atoms with E-state index in [-0.39, 0.29) is 9.79 Å². The van der Waals surface area contributed by atoms with E-state index in [2.05, 4.69) is 4.90 Å². The highest BCUT2D eigenvalue weighted by Crippen LogP contribution is 2.33. The lowest BCUT2D eigenvalue weighted by Crippen LogP contribution is -2.29. The Bertz CT molecular complexity index is 1160. The molecular weight excluding hydrogens is 398 g/mol. The number of nitrogens with two attached hydrogens (primary N) is 2. The minimum absolute atomic E-state index is 0.245. The van der Waals surface area contributed by atoms with Gasteiger partial charge in [-0.25, -0.2) is 8.42 Å². The molecule has 0 saturated carbocycles. The molecule has 4 N–H and O–H groups in total. The molecule has 0 amide bonds. The number of nitrogen functional groups attached to an aromatic ring is 2. The number of anilines is 3. The quantitative estimate of drug-likeness (QED) is 0.608. The van der Waals surface area contributed by atoms with Gasteiger partial charge in [-0.05, 0) is 72.5 Å². The second-order valence-electron chi connectivity index (χ2n) is 7.46. The standard InChI is InChI=1S/C23H25N3O3S/c1-29-18-6-10-20(11-7-18)30(27,28)19-8-4-16(5-9-19)15-26-12-2-3-17-13-21(24)22(25)14-23(17)26/h4-11,13-14H,2-3,12,15,24-25H2,1H3. The summed E-state index contributed by atoms with van der Waals surface area (Å²) in [5, 5.41) is 0. The molecule has 1 heterocycles. The van der Waals surface area contributed by atoms with Crippen LogP contribution in [0.25, 0.3) is 0 Å². The van der Waals surface area contributed by atoms with Gasteiger partial charge in [0.2, 0.25) is 9.84 Å². The van der Waals surface area contributed by atoms with E-state index in [0.717, 1.165) is 30.6 Å². The van der Waals surface area contributed by atoms with E-state index < -0.39 is 9.84 Å². The average Bonchev–Trinajstić information content (AvgIpc) is 2.75. The van der Waals surface area contributed by atoms with Crippen LogP contribution in [0.2, 0.25) is 0 Å². The molecule has 30 heavy (non-hydrogen) atoms. The highest BCUT2D eigenvalue weighted by atomic mass is 32.2. The molecule has 6 nitrogen and oxygen atoms in total. The van der Waals surface area contributed by atoms with Crippen molar-refractivity contribution in [3.8, 4) is 5.75 Å². The lowest BCUT2D eigenvalue weighted by atomic mass is 9.99. The van der Waals surface area contributed by atoms with Crippen LogP contribution in [0, 0.1) is 0 Å². The zero-order valence-electron chi connectivity index (χ0n) is 16.8. The smallest absolute Gasteiger partial charge is 0.206 e. The third-order valence-corrected chi connectivity index (χ3v) is 7.26. The summed E-state index contributed by atoms with van der Waals surface area (Å²) in [6.45, 7) is 1.60. The SMILES string of the molecule is COc1ccc(S(=O)(=O)c2ccc(CN3CCCc4cc(N)c(N)cc43)cc2)cc1. The van der Waals surface area contributed by atoms with Crippen molar-refractivity contribution < 1.29 is 13.2 Å². The van der Waals surface area contributed by atoms with Crippen LogP contribution in [0.3, 0.4) is 0 Å². The van der Waals surface area contributed by atoms with Crippen LogP contribution < -0.4 is 21.1 Å². The third kappa shape index (κ3) is 3.80. The first kappa shape index (κ1) is 20.1. The average molecular weight is 424 g/mol. The summed E-state index contributed by atoms with van der Waals surface area (Å²) < 4.78 is 30.9. The summed E-state index contributed by atoms with van der Waals surface area (Å²) in [5.41, 5.74) is 16.5. The fourth-order valence-electron chi connectivity index (χ4n) is 3.79. The van der Waals surface area contributed by atoms with Gasteiger partial charge in [0.1, 0.15) is 5.75 Å². The molecular formula is C23H25N3O3S. The van der Waals surface area contributed by atoms with E-state index in [1.807, 2.05) is 24.3 Å². The largest absolute Gasteiger partial charge is 0.497 e. The van der Waals surface area contributed by atoms with E-state index in [0.29, 0.717) is 23.7 Å². The molecule has 156 valence electrons. The predicted molar refractivity (Wildman–Crippen MR) is 120 cm³/mol. The Labute approximate surface area is 177 Å². The van der Waals surface area contributed by atoms with Crippen molar-refractivity contribution in [1.82, 2.24) is 0 Å². The molecule has 0 radical (unpaired) electrons. The Balaban J connectivity index is 1.55. The molecule has 0 bridgehead atoms. The van der Waals surface area contributed by atoms with Crippen LogP contribution in [0.15, 0.2) is 70.5 Å². The topological polar surface area (TPSA) is 98.7 Å². The van der Waals surface area contributed by atoms with Gasteiger partial charge < -0.3 is 21.1 Å². The summed E-state index contributed by atoms with van der Waals surface area (Å²) in [4.78, 5) is 2.78. The first-order chi connectivity index (χ1) is 14.4. The van der Waals surface area contributed by atoms with Crippen LogP contribution in [0.4, 0.5) is 17.1 Å². The Morgan fingerprint density at radius 2 is 1.53 bits per heavy atom. The van der Waals surface area contributed by atoms with E-state index in [4.69, 9.17) is 16.2 Å². The summed E-state index contributed by atoms with van der Waals surface area (Å²) in [6.07, 6.45) is 2.02. The minimum atomic E-state index is -3.57. The Kier molecular flexibility index (Phi) is 5.30. The van der Waals surface area contributed by atoms with Gasteiger partial charge in [0, 0.05) is 18.8 Å². The Morgan fingerprint density at radius 3 is 2.17 bits per heavy atom. The molecule has 7 heteroatoms. The molecule has 1 aliphatic heterocycles. The second-order valence-corrected chi connectivity index (χ2v) is 9.41. The zero-order valence-corrected chi connectivity index (χ0v) is 17.7. The first-order valence-corrected chi connectivity index (χ1v) is 11.3. The number of ether oxygens (including phenoxy) is 1. The van der Waals surface area contributed by atoms with Crippen molar-refractivity contribution in [1.29, 1.82) is 0 Å². The van der Waals surface area contributed by atoms with Gasteiger partial charge in [0.25, 0.3) is 0 Å². The fourth-order valence-corrected chi connectivity index (χ4v) is 5.05. The number of methoxy groups -OCH3 is 1. The van der Waals surface area contributed by atoms with Gasteiger partial charge >= 0.3 is 0 Å². The molecule has 0 unspecified atom stereocenters. The molecule has 0 aliphatic carbocycles. The van der Waals surface area contributed by atoms with Gasteiger partial charge in [0.05, 0.1) is 28.3 Å². The maximum Gasteiger partial charge on any atom is 0.206 e. The lowest BCUT2D eigenvalue weighted by molar-refractivity contribution is 0.414. The summed E-state index contributed by atoms with van der Waals surface area (Å²) in [5.74, 6) is 0.619. The number of fused-ring (bicyclic) bond motifs is 1. The van der Waals surface area contributed by atoms with Crippen LogP contribution in [-0.2, 0) is 22.8 Å².